The Morgan fingerprint density at radius 3 is 2.65 bits per heavy atom. The van der Waals surface area contributed by atoms with Crippen molar-refractivity contribution in [3.05, 3.63) is 45.4 Å². The number of phenols is 1. The lowest BCUT2D eigenvalue weighted by Crippen LogP contribution is -2.35. The zero-order valence-corrected chi connectivity index (χ0v) is 10.8. The van der Waals surface area contributed by atoms with Crippen LogP contribution < -0.4 is 5.32 Å². The quantitative estimate of drug-likeness (QED) is 0.612. The lowest BCUT2D eigenvalue weighted by atomic mass is 10.1. The Balaban J connectivity index is 2.13. The van der Waals surface area contributed by atoms with Gasteiger partial charge in [0.05, 0.1) is 16.7 Å². The maximum atomic E-state index is 11.8. The number of hydrogen-bond acceptors (Lipinski definition) is 6. The van der Waals surface area contributed by atoms with Crippen molar-refractivity contribution in [2.75, 3.05) is 5.75 Å². The van der Waals surface area contributed by atoms with Gasteiger partial charge in [0.1, 0.15) is 0 Å². The molecule has 0 bridgehead atoms. The van der Waals surface area contributed by atoms with Crippen LogP contribution in [0.3, 0.4) is 0 Å². The fourth-order valence-electron chi connectivity index (χ4n) is 1.74. The Kier molecular flexibility index (Phi) is 3.45. The summed E-state index contributed by atoms with van der Waals surface area (Å²) in [6, 6.07) is 2.50. The Hall–Kier alpha value is -2.42. The maximum Gasteiger partial charge on any atom is 0.310 e. The molecular weight excluding hydrogens is 288 g/mol. The highest BCUT2D eigenvalue weighted by molar-refractivity contribution is 7.94. The summed E-state index contributed by atoms with van der Waals surface area (Å²) >= 11 is 0. The van der Waals surface area contributed by atoms with Gasteiger partial charge in [0, 0.05) is 17.0 Å². The molecule has 1 aromatic rings. The van der Waals surface area contributed by atoms with E-state index in [1.54, 1.807) is 0 Å². The van der Waals surface area contributed by atoms with E-state index in [1.165, 1.54) is 12.1 Å². The number of phenolic OH excluding ortho intramolecular Hbond substituents is 1. The predicted molar refractivity (Wildman–Crippen MR) is 68.9 cm³/mol. The van der Waals surface area contributed by atoms with Crippen LogP contribution in [0.1, 0.15) is 10.4 Å². The Morgan fingerprint density at radius 2 is 2.15 bits per heavy atom. The highest BCUT2D eigenvalue weighted by Gasteiger charge is 2.24. The SMILES string of the molecule is O=C(NC1C=CS(=O)(=O)C1)c1ccc([N+](=O)[O-])c(O)c1. The van der Waals surface area contributed by atoms with Crippen LogP contribution in [0.4, 0.5) is 5.69 Å². The van der Waals surface area contributed by atoms with Crippen LogP contribution in [-0.4, -0.2) is 36.1 Å². The maximum absolute atomic E-state index is 11.8. The van der Waals surface area contributed by atoms with Crippen molar-refractivity contribution in [3.8, 4) is 5.75 Å². The van der Waals surface area contributed by atoms with E-state index in [1.807, 2.05) is 0 Å². The summed E-state index contributed by atoms with van der Waals surface area (Å²) in [6.07, 6.45) is 1.35. The van der Waals surface area contributed by atoms with Crippen molar-refractivity contribution in [1.82, 2.24) is 5.32 Å². The van der Waals surface area contributed by atoms with E-state index >= 15 is 0 Å². The van der Waals surface area contributed by atoms with E-state index in [9.17, 15) is 28.4 Å². The van der Waals surface area contributed by atoms with Gasteiger partial charge in [-0.05, 0) is 18.2 Å². The predicted octanol–water partition coefficient (Wildman–Crippen LogP) is 0.341. The second-order valence-corrected chi connectivity index (χ2v) is 6.13. The molecule has 0 fully saturated rings. The zero-order valence-electron chi connectivity index (χ0n) is 10.0. The molecule has 0 aromatic heterocycles. The summed E-state index contributed by atoms with van der Waals surface area (Å²) in [5.74, 6) is -1.48. The molecule has 1 heterocycles. The summed E-state index contributed by atoms with van der Waals surface area (Å²) in [4.78, 5) is 21.6. The van der Waals surface area contributed by atoms with Gasteiger partial charge in [-0.25, -0.2) is 8.42 Å². The lowest BCUT2D eigenvalue weighted by Gasteiger charge is -2.10. The molecule has 8 nitrogen and oxygen atoms in total. The first-order chi connectivity index (χ1) is 9.28. The minimum atomic E-state index is -3.28. The van der Waals surface area contributed by atoms with Gasteiger partial charge in [-0.3, -0.25) is 14.9 Å². The smallest absolute Gasteiger partial charge is 0.310 e. The minimum Gasteiger partial charge on any atom is -0.502 e. The largest absolute Gasteiger partial charge is 0.502 e. The van der Waals surface area contributed by atoms with Crippen molar-refractivity contribution >= 4 is 21.4 Å². The third-order valence-electron chi connectivity index (χ3n) is 2.68. The Morgan fingerprint density at radius 1 is 1.45 bits per heavy atom. The molecule has 1 atom stereocenters. The summed E-state index contributed by atoms with van der Waals surface area (Å²) in [5, 5.41) is 23.4. The van der Waals surface area contributed by atoms with Crippen LogP contribution >= 0.6 is 0 Å². The molecule has 1 aliphatic heterocycles. The van der Waals surface area contributed by atoms with E-state index in [0.29, 0.717) is 0 Å². The molecule has 1 aromatic carbocycles. The molecule has 0 spiro atoms. The first-order valence-electron chi connectivity index (χ1n) is 5.48. The van der Waals surface area contributed by atoms with Crippen molar-refractivity contribution < 1.29 is 23.2 Å². The average molecular weight is 298 g/mol. The molecule has 1 amide bonds. The molecule has 20 heavy (non-hydrogen) atoms. The molecule has 0 saturated heterocycles. The molecular formula is C11H10N2O6S. The monoisotopic (exact) mass is 298 g/mol. The van der Waals surface area contributed by atoms with Gasteiger partial charge in [-0.1, -0.05) is 0 Å². The molecule has 1 aliphatic rings. The van der Waals surface area contributed by atoms with Gasteiger partial charge in [-0.2, -0.15) is 0 Å². The Bertz CT molecular complexity index is 710. The number of nitro groups is 1. The fraction of sp³-hybridized carbons (Fsp3) is 0.182. The number of amides is 1. The van der Waals surface area contributed by atoms with Crippen molar-refractivity contribution in [2.45, 2.75) is 6.04 Å². The third-order valence-corrected chi connectivity index (χ3v) is 4.08. The number of nitro benzene ring substituents is 1. The zero-order chi connectivity index (χ0) is 14.9. The normalized spacial score (nSPS) is 19.7. The van der Waals surface area contributed by atoms with Gasteiger partial charge in [-0.15, -0.1) is 0 Å². The number of nitrogens with one attached hydrogen (secondary N) is 1. The number of carbonyl (C=O) groups is 1. The van der Waals surface area contributed by atoms with E-state index in [0.717, 1.165) is 17.5 Å². The Labute approximate surface area is 113 Å². The minimum absolute atomic E-state index is 0.00537. The van der Waals surface area contributed by atoms with Crippen LogP contribution in [0.25, 0.3) is 0 Å². The molecule has 0 saturated carbocycles. The van der Waals surface area contributed by atoms with Crippen LogP contribution in [-0.2, 0) is 9.84 Å². The van der Waals surface area contributed by atoms with E-state index in [2.05, 4.69) is 5.32 Å². The number of carbonyl (C=O) groups excluding carboxylic acids is 1. The van der Waals surface area contributed by atoms with Crippen molar-refractivity contribution in [2.24, 2.45) is 0 Å². The molecule has 106 valence electrons. The van der Waals surface area contributed by atoms with Crippen LogP contribution in [0, 0.1) is 10.1 Å². The van der Waals surface area contributed by atoms with Crippen LogP contribution in [0.5, 0.6) is 5.75 Å². The van der Waals surface area contributed by atoms with Gasteiger partial charge in [0.2, 0.25) is 0 Å². The number of aromatic hydroxyl groups is 1. The average Bonchev–Trinajstić information content (AvgIpc) is 2.68. The summed E-state index contributed by atoms with van der Waals surface area (Å²) in [5.41, 5.74) is -0.504. The summed E-state index contributed by atoms with van der Waals surface area (Å²) in [6.45, 7) is 0. The molecule has 1 unspecified atom stereocenters. The highest BCUT2D eigenvalue weighted by Crippen LogP contribution is 2.26. The van der Waals surface area contributed by atoms with Gasteiger partial charge in [0.25, 0.3) is 5.91 Å². The number of hydrogen-bond donors (Lipinski definition) is 2. The van der Waals surface area contributed by atoms with E-state index < -0.39 is 38.1 Å². The molecule has 2 rings (SSSR count). The number of rotatable bonds is 3. The topological polar surface area (TPSA) is 127 Å². The third kappa shape index (κ3) is 2.94. The van der Waals surface area contributed by atoms with Crippen molar-refractivity contribution in [1.29, 1.82) is 0 Å². The lowest BCUT2D eigenvalue weighted by molar-refractivity contribution is -0.385. The van der Waals surface area contributed by atoms with Crippen molar-refractivity contribution in [3.63, 3.8) is 0 Å². The first kappa shape index (κ1) is 14.0. The second-order valence-electron chi connectivity index (χ2n) is 4.20. The van der Waals surface area contributed by atoms with Gasteiger partial charge >= 0.3 is 5.69 Å². The number of nitrogens with zero attached hydrogens (tertiary/aromatic N) is 1. The van der Waals surface area contributed by atoms with Crippen LogP contribution in [0.15, 0.2) is 29.7 Å². The standard InChI is InChI=1S/C11H10N2O6S/c14-10-5-7(1-2-9(10)13(16)17)11(15)12-8-3-4-20(18,19)6-8/h1-5,8,14H,6H2,(H,12,15). The van der Waals surface area contributed by atoms with E-state index in [4.69, 9.17) is 0 Å². The number of sulfone groups is 1. The summed E-state index contributed by atoms with van der Waals surface area (Å²) in [7, 11) is -3.28. The highest BCUT2D eigenvalue weighted by atomic mass is 32.2. The van der Waals surface area contributed by atoms with Gasteiger partial charge in [0.15, 0.2) is 15.6 Å². The molecule has 2 N–H and O–H groups in total. The van der Waals surface area contributed by atoms with Gasteiger partial charge < -0.3 is 10.4 Å². The fourth-order valence-corrected chi connectivity index (χ4v) is 2.97. The molecule has 9 heteroatoms. The molecule has 0 radical (unpaired) electrons. The molecule has 0 aliphatic carbocycles. The number of benzene rings is 1. The van der Waals surface area contributed by atoms with E-state index in [-0.39, 0.29) is 11.3 Å². The summed E-state index contributed by atoms with van der Waals surface area (Å²) < 4.78 is 22.4. The first-order valence-corrected chi connectivity index (χ1v) is 7.19. The second kappa shape index (κ2) is 4.93. The van der Waals surface area contributed by atoms with Crippen LogP contribution in [0.2, 0.25) is 0 Å².